The van der Waals surface area contributed by atoms with Gasteiger partial charge >= 0.3 is 5.97 Å². The number of carbonyl (C=O) groups is 1. The third kappa shape index (κ3) is 3.95. The number of aryl methyl sites for hydroxylation is 1. The molecule has 0 saturated carbocycles. The lowest BCUT2D eigenvalue weighted by Gasteiger charge is -2.03. The van der Waals surface area contributed by atoms with E-state index in [1.54, 1.807) is 31.2 Å². The average Bonchev–Trinajstić information content (AvgIpc) is 2.81. The smallest absolute Gasteiger partial charge is 0.328 e. The Morgan fingerprint density at radius 3 is 2.68 bits per heavy atom. The first-order valence-electron chi connectivity index (χ1n) is 5.56. The summed E-state index contributed by atoms with van der Waals surface area (Å²) in [5, 5.41) is 16.0. The maximum atomic E-state index is 10.4. The lowest BCUT2D eigenvalue weighted by molar-refractivity contribution is -0.131. The second-order valence-electron chi connectivity index (χ2n) is 3.74. The van der Waals surface area contributed by atoms with Crippen molar-refractivity contribution in [3.63, 3.8) is 0 Å². The van der Waals surface area contributed by atoms with Gasteiger partial charge in [-0.15, -0.1) is 10.2 Å². The first kappa shape index (κ1) is 12.8. The zero-order chi connectivity index (χ0) is 13.7. The number of carboxylic acid groups (broad SMARTS) is 1. The van der Waals surface area contributed by atoms with Crippen LogP contribution < -0.4 is 4.74 Å². The summed E-state index contributed by atoms with van der Waals surface area (Å²) >= 11 is 0. The van der Waals surface area contributed by atoms with Gasteiger partial charge in [0.1, 0.15) is 5.75 Å². The molecular formula is C13H12N2O4. The Balaban J connectivity index is 1.93. The second kappa shape index (κ2) is 5.81. The number of hydrogen-bond acceptors (Lipinski definition) is 5. The van der Waals surface area contributed by atoms with E-state index < -0.39 is 5.97 Å². The molecule has 2 aromatic rings. The molecule has 0 aliphatic rings. The molecule has 0 spiro atoms. The number of hydrogen-bond donors (Lipinski definition) is 1. The van der Waals surface area contributed by atoms with Crippen molar-refractivity contribution in [3.05, 3.63) is 47.7 Å². The molecule has 1 aromatic heterocycles. The highest BCUT2D eigenvalue weighted by atomic mass is 16.5. The lowest BCUT2D eigenvalue weighted by Crippen LogP contribution is -1.95. The van der Waals surface area contributed by atoms with Crippen LogP contribution in [0.4, 0.5) is 0 Å². The molecule has 0 atom stereocenters. The zero-order valence-corrected chi connectivity index (χ0v) is 10.2. The third-order valence-corrected chi connectivity index (χ3v) is 2.23. The van der Waals surface area contributed by atoms with Gasteiger partial charge in [-0.1, -0.05) is 12.1 Å². The highest BCUT2D eigenvalue weighted by Gasteiger charge is 2.02. The number of nitrogens with zero attached hydrogens (tertiary/aromatic N) is 2. The average molecular weight is 260 g/mol. The molecule has 98 valence electrons. The number of aromatic nitrogens is 2. The molecule has 0 fully saturated rings. The summed E-state index contributed by atoms with van der Waals surface area (Å²) in [6, 6.07) is 7.00. The number of benzene rings is 1. The van der Waals surface area contributed by atoms with Crippen LogP contribution in [0.2, 0.25) is 0 Å². The van der Waals surface area contributed by atoms with E-state index in [1.165, 1.54) is 6.08 Å². The Hall–Kier alpha value is -2.63. The molecule has 0 unspecified atom stereocenters. The van der Waals surface area contributed by atoms with Crippen LogP contribution >= 0.6 is 0 Å². The largest absolute Gasteiger partial charge is 0.484 e. The normalized spacial score (nSPS) is 10.8. The van der Waals surface area contributed by atoms with E-state index in [4.69, 9.17) is 14.3 Å². The zero-order valence-electron chi connectivity index (χ0n) is 10.2. The van der Waals surface area contributed by atoms with Crippen molar-refractivity contribution in [3.8, 4) is 5.75 Å². The van der Waals surface area contributed by atoms with Crippen LogP contribution in [0.1, 0.15) is 17.3 Å². The van der Waals surface area contributed by atoms with Gasteiger partial charge in [-0.3, -0.25) is 0 Å². The van der Waals surface area contributed by atoms with E-state index in [2.05, 4.69) is 10.2 Å². The van der Waals surface area contributed by atoms with Gasteiger partial charge in [0, 0.05) is 13.0 Å². The fraction of sp³-hybridized carbons (Fsp3) is 0.154. The molecule has 1 heterocycles. The summed E-state index contributed by atoms with van der Waals surface area (Å²) < 4.78 is 10.6. The van der Waals surface area contributed by atoms with Gasteiger partial charge in [-0.05, 0) is 23.8 Å². The van der Waals surface area contributed by atoms with Gasteiger partial charge in [0.15, 0.2) is 6.61 Å². The van der Waals surface area contributed by atoms with Crippen LogP contribution in [0.3, 0.4) is 0 Å². The van der Waals surface area contributed by atoms with Crippen LogP contribution in [-0.2, 0) is 11.4 Å². The fourth-order valence-corrected chi connectivity index (χ4v) is 1.38. The first-order chi connectivity index (χ1) is 9.13. The van der Waals surface area contributed by atoms with E-state index in [1.807, 2.05) is 0 Å². The summed E-state index contributed by atoms with van der Waals surface area (Å²) in [5.41, 5.74) is 0.781. The molecule has 0 amide bonds. The van der Waals surface area contributed by atoms with Gasteiger partial charge < -0.3 is 14.3 Å². The van der Waals surface area contributed by atoms with E-state index >= 15 is 0 Å². The van der Waals surface area contributed by atoms with E-state index in [9.17, 15) is 4.79 Å². The van der Waals surface area contributed by atoms with E-state index in [-0.39, 0.29) is 6.61 Å². The SMILES string of the molecule is Cc1nnc(COc2ccc(/C=C/C(=O)O)cc2)o1. The molecule has 19 heavy (non-hydrogen) atoms. The predicted octanol–water partition coefficient (Wildman–Crippen LogP) is 2.05. The Morgan fingerprint density at radius 2 is 2.11 bits per heavy atom. The van der Waals surface area contributed by atoms with Gasteiger partial charge in [-0.2, -0.15) is 0 Å². The summed E-state index contributed by atoms with van der Waals surface area (Å²) in [4.78, 5) is 10.4. The standard InChI is InChI=1S/C13H12N2O4/c1-9-14-15-12(19-9)8-18-11-5-2-10(3-6-11)4-7-13(16)17/h2-7H,8H2,1H3,(H,16,17)/b7-4+. The maximum Gasteiger partial charge on any atom is 0.328 e. The number of aliphatic carboxylic acids is 1. The summed E-state index contributed by atoms with van der Waals surface area (Å²) in [6.07, 6.45) is 2.59. The van der Waals surface area contributed by atoms with E-state index in [0.717, 1.165) is 11.6 Å². The van der Waals surface area contributed by atoms with Crippen molar-refractivity contribution >= 4 is 12.0 Å². The highest BCUT2D eigenvalue weighted by Crippen LogP contribution is 2.14. The number of ether oxygens (including phenoxy) is 1. The molecule has 0 bridgehead atoms. The van der Waals surface area contributed by atoms with Crippen LogP contribution in [0.5, 0.6) is 5.75 Å². The minimum Gasteiger partial charge on any atom is -0.484 e. The molecule has 0 saturated heterocycles. The van der Waals surface area contributed by atoms with Crippen molar-refractivity contribution in [1.82, 2.24) is 10.2 Å². The first-order valence-corrected chi connectivity index (χ1v) is 5.56. The Bertz CT molecular complexity index is 587. The molecule has 0 aliphatic heterocycles. The van der Waals surface area contributed by atoms with E-state index in [0.29, 0.717) is 17.5 Å². The topological polar surface area (TPSA) is 85.5 Å². The van der Waals surface area contributed by atoms with Crippen molar-refractivity contribution in [2.24, 2.45) is 0 Å². The maximum absolute atomic E-state index is 10.4. The van der Waals surface area contributed by atoms with Gasteiger partial charge in [0.05, 0.1) is 0 Å². The van der Waals surface area contributed by atoms with Crippen LogP contribution in [0.25, 0.3) is 6.08 Å². The predicted molar refractivity (Wildman–Crippen MR) is 66.5 cm³/mol. The van der Waals surface area contributed by atoms with Crippen molar-refractivity contribution < 1.29 is 19.1 Å². The van der Waals surface area contributed by atoms with Crippen molar-refractivity contribution in [1.29, 1.82) is 0 Å². The summed E-state index contributed by atoms with van der Waals surface area (Å²) in [7, 11) is 0. The minimum absolute atomic E-state index is 0.200. The fourth-order valence-electron chi connectivity index (χ4n) is 1.38. The quantitative estimate of drug-likeness (QED) is 0.828. The highest BCUT2D eigenvalue weighted by molar-refractivity contribution is 5.85. The molecule has 0 aliphatic carbocycles. The number of carboxylic acids is 1. The van der Waals surface area contributed by atoms with Crippen molar-refractivity contribution in [2.45, 2.75) is 13.5 Å². The molecule has 0 radical (unpaired) electrons. The Morgan fingerprint density at radius 1 is 1.37 bits per heavy atom. The molecule has 1 aromatic carbocycles. The monoisotopic (exact) mass is 260 g/mol. The molecule has 1 N–H and O–H groups in total. The van der Waals surface area contributed by atoms with Gasteiger partial charge in [0.2, 0.25) is 5.89 Å². The molecule has 6 nitrogen and oxygen atoms in total. The Labute approximate surface area is 109 Å². The third-order valence-electron chi connectivity index (χ3n) is 2.23. The molecule has 6 heteroatoms. The van der Waals surface area contributed by atoms with Crippen molar-refractivity contribution in [2.75, 3.05) is 0 Å². The van der Waals surface area contributed by atoms with Crippen LogP contribution in [0, 0.1) is 6.92 Å². The second-order valence-corrected chi connectivity index (χ2v) is 3.74. The van der Waals surface area contributed by atoms with Gasteiger partial charge in [0.25, 0.3) is 5.89 Å². The molecule has 2 rings (SSSR count). The number of rotatable bonds is 5. The van der Waals surface area contributed by atoms with Crippen LogP contribution in [-0.4, -0.2) is 21.3 Å². The lowest BCUT2D eigenvalue weighted by atomic mass is 10.2. The van der Waals surface area contributed by atoms with Gasteiger partial charge in [-0.25, -0.2) is 4.79 Å². The van der Waals surface area contributed by atoms with Crippen LogP contribution in [0.15, 0.2) is 34.8 Å². The minimum atomic E-state index is -0.980. The summed E-state index contributed by atoms with van der Waals surface area (Å²) in [5.74, 6) is 0.565. The molecular weight excluding hydrogens is 248 g/mol. The Kier molecular flexibility index (Phi) is 3.92. The summed E-state index contributed by atoms with van der Waals surface area (Å²) in [6.45, 7) is 1.91.